The Morgan fingerprint density at radius 3 is 2.22 bits per heavy atom. The molecule has 0 saturated carbocycles. The van der Waals surface area contributed by atoms with E-state index < -0.39 is 0 Å². The topological polar surface area (TPSA) is 55.1 Å². The summed E-state index contributed by atoms with van der Waals surface area (Å²) in [4.78, 5) is 1.52. The molecule has 0 amide bonds. The maximum atomic E-state index is 5.97. The van der Waals surface area contributed by atoms with Crippen LogP contribution in [0.15, 0.2) is 96.2 Å². The summed E-state index contributed by atoms with van der Waals surface area (Å²) in [7, 11) is 0. The van der Waals surface area contributed by atoms with Crippen molar-refractivity contribution in [1.82, 2.24) is 15.0 Å². The molecule has 6 heteroatoms. The zero-order chi connectivity index (χ0) is 18.5. The van der Waals surface area contributed by atoms with Crippen LogP contribution in [0.5, 0.6) is 0 Å². The first-order chi connectivity index (χ1) is 13.3. The van der Waals surface area contributed by atoms with E-state index in [2.05, 4.69) is 20.7 Å². The molecule has 0 spiro atoms. The van der Waals surface area contributed by atoms with Crippen molar-refractivity contribution in [2.24, 2.45) is 5.10 Å². The minimum Gasteiger partial charge on any atom is -0.276 e. The number of halogens is 1. The fourth-order valence-electron chi connectivity index (χ4n) is 2.56. The number of benzene rings is 3. The van der Waals surface area contributed by atoms with Crippen molar-refractivity contribution < 1.29 is 0 Å². The predicted molar refractivity (Wildman–Crippen MR) is 109 cm³/mol. The number of para-hydroxylation sites is 1. The first-order valence-corrected chi connectivity index (χ1v) is 8.80. The number of nitrogens with one attached hydrogen (secondary N) is 1. The maximum absolute atomic E-state index is 5.97. The van der Waals surface area contributed by atoms with Gasteiger partial charge in [0.1, 0.15) is 5.69 Å². The first-order valence-electron chi connectivity index (χ1n) is 8.42. The quantitative estimate of drug-likeness (QED) is 0.314. The van der Waals surface area contributed by atoms with Crippen LogP contribution < -0.4 is 5.43 Å². The third kappa shape index (κ3) is 4.04. The largest absolute Gasteiger partial charge is 0.276 e. The van der Waals surface area contributed by atoms with Gasteiger partial charge in [-0.1, -0.05) is 72.3 Å². The highest BCUT2D eigenvalue weighted by atomic mass is 35.5. The van der Waals surface area contributed by atoms with Crippen LogP contribution in [0, 0.1) is 0 Å². The van der Waals surface area contributed by atoms with Crippen LogP contribution in [0.25, 0.3) is 11.3 Å². The van der Waals surface area contributed by atoms with Gasteiger partial charge in [0.15, 0.2) is 0 Å². The number of hydrogen-bond donors (Lipinski definition) is 1. The van der Waals surface area contributed by atoms with Gasteiger partial charge in [0, 0.05) is 16.1 Å². The Kier molecular flexibility index (Phi) is 4.94. The lowest BCUT2D eigenvalue weighted by molar-refractivity contribution is 0.797. The van der Waals surface area contributed by atoms with Gasteiger partial charge < -0.3 is 0 Å². The predicted octanol–water partition coefficient (Wildman–Crippen LogP) is 4.92. The minimum atomic E-state index is 0.597. The third-order valence-corrected chi connectivity index (χ3v) is 4.17. The molecule has 1 aromatic heterocycles. The number of hydrazone groups is 1. The second-order valence-electron chi connectivity index (χ2n) is 5.81. The van der Waals surface area contributed by atoms with Gasteiger partial charge in [-0.25, -0.2) is 0 Å². The molecule has 0 saturated heterocycles. The number of hydrogen-bond acceptors (Lipinski definition) is 4. The Hall–Kier alpha value is -3.44. The molecular formula is C21H16ClN5. The fourth-order valence-corrected chi connectivity index (χ4v) is 2.69. The Morgan fingerprint density at radius 1 is 0.852 bits per heavy atom. The molecule has 0 bridgehead atoms. The Morgan fingerprint density at radius 2 is 1.52 bits per heavy atom. The van der Waals surface area contributed by atoms with Crippen LogP contribution in [0.4, 0.5) is 5.69 Å². The molecule has 132 valence electrons. The molecule has 0 radical (unpaired) electrons. The summed E-state index contributed by atoms with van der Waals surface area (Å²) in [6.07, 6.45) is 1.71. The van der Waals surface area contributed by atoms with Crippen molar-refractivity contribution in [3.05, 3.63) is 102 Å². The molecule has 1 N–H and O–H groups in total. The molecule has 0 aliphatic rings. The highest BCUT2D eigenvalue weighted by Crippen LogP contribution is 2.19. The normalized spacial score (nSPS) is 11.4. The van der Waals surface area contributed by atoms with E-state index in [1.165, 1.54) is 4.80 Å². The van der Waals surface area contributed by atoms with Crippen LogP contribution in [0.1, 0.15) is 5.56 Å². The Bertz CT molecular complexity index is 1040. The Balaban J connectivity index is 1.70. The molecule has 4 aromatic rings. The molecule has 27 heavy (non-hydrogen) atoms. The van der Waals surface area contributed by atoms with Crippen molar-refractivity contribution in [3.63, 3.8) is 0 Å². The molecule has 0 aliphatic carbocycles. The smallest absolute Gasteiger partial charge is 0.201 e. The molecule has 0 fully saturated rings. The van der Waals surface area contributed by atoms with Gasteiger partial charge in [0.25, 0.3) is 0 Å². The van der Waals surface area contributed by atoms with Crippen molar-refractivity contribution >= 4 is 23.1 Å². The summed E-state index contributed by atoms with van der Waals surface area (Å²) in [6.45, 7) is 0. The number of nitrogens with zero attached hydrogens (tertiary/aromatic N) is 4. The van der Waals surface area contributed by atoms with E-state index in [0.29, 0.717) is 10.9 Å². The zero-order valence-corrected chi connectivity index (χ0v) is 15.1. The summed E-state index contributed by atoms with van der Waals surface area (Å²) in [5.41, 5.74) is 6.54. The number of rotatable bonds is 4. The van der Waals surface area contributed by atoms with Crippen LogP contribution in [-0.2, 0) is 0 Å². The van der Waals surface area contributed by atoms with Crippen LogP contribution in [0.2, 0.25) is 5.02 Å². The van der Waals surface area contributed by atoms with E-state index in [-0.39, 0.29) is 0 Å². The fraction of sp³-hybridized carbons (Fsp3) is 0. The summed E-state index contributed by atoms with van der Waals surface area (Å²) >= 11 is 5.97. The molecule has 1 heterocycles. The van der Waals surface area contributed by atoms with Gasteiger partial charge in [-0.15, -0.1) is 9.90 Å². The van der Waals surface area contributed by atoms with Gasteiger partial charge >= 0.3 is 0 Å². The first kappa shape index (κ1) is 17.0. The van der Waals surface area contributed by atoms with Crippen LogP contribution in [0.3, 0.4) is 0 Å². The lowest BCUT2D eigenvalue weighted by Crippen LogP contribution is -2.18. The summed E-state index contributed by atoms with van der Waals surface area (Å²) in [5.74, 6) is 0.597. The molecule has 0 aliphatic heterocycles. The van der Waals surface area contributed by atoms with Crippen LogP contribution in [-0.4, -0.2) is 20.8 Å². The van der Waals surface area contributed by atoms with Crippen molar-refractivity contribution in [2.75, 3.05) is 5.43 Å². The summed E-state index contributed by atoms with van der Waals surface area (Å²) < 4.78 is 0. The maximum Gasteiger partial charge on any atom is 0.201 e. The summed E-state index contributed by atoms with van der Waals surface area (Å²) in [5, 5.41) is 14.2. The van der Waals surface area contributed by atoms with Crippen molar-refractivity contribution in [3.8, 4) is 11.3 Å². The van der Waals surface area contributed by atoms with E-state index >= 15 is 0 Å². The van der Waals surface area contributed by atoms with E-state index in [9.17, 15) is 0 Å². The van der Waals surface area contributed by atoms with E-state index in [1.807, 2.05) is 84.9 Å². The highest BCUT2D eigenvalue weighted by molar-refractivity contribution is 6.30. The van der Waals surface area contributed by atoms with E-state index in [4.69, 9.17) is 11.6 Å². The molecule has 5 nitrogen and oxygen atoms in total. The average molecular weight is 374 g/mol. The lowest BCUT2D eigenvalue weighted by Gasteiger charge is -2.07. The van der Waals surface area contributed by atoms with Gasteiger partial charge in [-0.05, 0) is 24.3 Å². The highest BCUT2D eigenvalue weighted by Gasteiger charge is 2.11. The molecule has 0 unspecified atom stereocenters. The Labute approximate surface area is 161 Å². The monoisotopic (exact) mass is 373 g/mol. The second-order valence-corrected chi connectivity index (χ2v) is 6.24. The van der Waals surface area contributed by atoms with Gasteiger partial charge in [-0.3, -0.25) is 5.43 Å². The number of anilines is 1. The van der Waals surface area contributed by atoms with Gasteiger partial charge in [0.05, 0.1) is 11.9 Å². The molecule has 0 atom stereocenters. The van der Waals surface area contributed by atoms with Gasteiger partial charge in [0.2, 0.25) is 5.84 Å². The van der Waals surface area contributed by atoms with Crippen molar-refractivity contribution in [2.45, 2.75) is 0 Å². The molecule has 3 aromatic carbocycles. The lowest BCUT2D eigenvalue weighted by atomic mass is 10.2. The van der Waals surface area contributed by atoms with E-state index in [1.54, 1.807) is 6.20 Å². The number of aromatic nitrogens is 3. The second kappa shape index (κ2) is 7.85. The zero-order valence-electron chi connectivity index (χ0n) is 14.3. The average Bonchev–Trinajstić information content (AvgIpc) is 3.20. The SMILES string of the molecule is Clc1ccc(-c2cnn(/C(=N/Nc3ccccc3)c3ccccc3)n2)cc1. The molecule has 4 rings (SSSR count). The van der Waals surface area contributed by atoms with Gasteiger partial charge in [-0.2, -0.15) is 10.2 Å². The van der Waals surface area contributed by atoms with E-state index in [0.717, 1.165) is 22.5 Å². The standard InChI is InChI=1S/C21H16ClN5/c22-18-13-11-16(12-14-18)20-15-23-27(26-20)21(17-7-3-1-4-8-17)25-24-19-9-5-2-6-10-19/h1-15,24H/b25-21+. The third-order valence-electron chi connectivity index (χ3n) is 3.92. The summed E-state index contributed by atoms with van der Waals surface area (Å²) in [6, 6.07) is 27.1. The minimum absolute atomic E-state index is 0.597. The van der Waals surface area contributed by atoms with Crippen molar-refractivity contribution in [1.29, 1.82) is 0 Å². The molecular weight excluding hydrogens is 358 g/mol. The van der Waals surface area contributed by atoms with Crippen LogP contribution >= 0.6 is 11.6 Å².